The Balaban J connectivity index is 2.20. The van der Waals surface area contributed by atoms with Crippen LogP contribution in [-0.4, -0.2) is 141 Å². The third-order valence-electron chi connectivity index (χ3n) is 11.1. The number of likely N-dealkylation sites (N-methyl/N-ethyl adjacent to an activating group) is 2. The number of carbonyl (C=O) groups is 1. The molecule has 3 heterocycles. The summed E-state index contributed by atoms with van der Waals surface area (Å²) < 4.78 is 18.7. The number of esters is 1. The lowest BCUT2D eigenvalue weighted by atomic mass is 9.70. The van der Waals surface area contributed by atoms with E-state index < -0.39 is 71.4 Å². The van der Waals surface area contributed by atoms with Crippen molar-refractivity contribution in [1.29, 1.82) is 0 Å². The molecule has 1 aromatic rings. The van der Waals surface area contributed by atoms with Crippen LogP contribution in [-0.2, 0) is 19.0 Å². The monoisotopic (exact) mass is 730 g/mol. The Hall–Kier alpha value is -1.65. The number of nitrogens with zero attached hydrogens (tertiary/aromatic N) is 3. The fraction of sp³-hybridized carbons (Fsp3) is 0.833. The summed E-state index contributed by atoms with van der Waals surface area (Å²) in [5, 5.41) is 63.2. The normalized spacial score (nSPS) is 42.8. The second-order valence-corrected chi connectivity index (χ2v) is 16.1. The van der Waals surface area contributed by atoms with Crippen LogP contribution in [0, 0.1) is 17.8 Å². The molecule has 3 rings (SSSR count). The van der Waals surface area contributed by atoms with Crippen molar-refractivity contribution in [3.63, 3.8) is 0 Å². The summed E-state index contributed by atoms with van der Waals surface area (Å²) in [6.45, 7) is 13.8. The van der Waals surface area contributed by atoms with Gasteiger partial charge < -0.3 is 54.9 Å². The SMILES string of the molecule is CC[C@H]1OC(=O)C(C)[C@@](O)(CN(C)c2ccc(Cl)nc2)[C@H](C)[C@@H](O[C@@H]2O[C@H](C)C[C@H](N(C)C)[C@H]2O)[C@@](C)(O)C[C@@H](C)CN[C@H](C)[C@@H](O)[C@]1(C)O. The molecule has 0 bridgehead atoms. The number of hydrogen-bond acceptors (Lipinski definition) is 13. The molecule has 14 atom stereocenters. The first kappa shape index (κ1) is 42.8. The van der Waals surface area contributed by atoms with Gasteiger partial charge in [-0.05, 0) is 92.6 Å². The standard InChI is InChI=1S/C36H63ClN4O9/c1-12-27-35(8,46)30(43)24(6)38-17-20(2)16-34(7,45)31(50-33-29(42)26(40(9)10)15-21(3)48-33)22(4)36(47,23(5)32(44)49-27)19-41(11)25-13-14-28(37)39-18-25/h13-14,18,20-24,26-27,29-31,33,38,42-43,45-47H,12,15-17,19H2,1-11H3/t20-,21-,22-,23?,24-,26+,27-,29-,30-,31-,33+,34+,35-,36-/m1/s1. The van der Waals surface area contributed by atoms with Crippen LogP contribution in [0.3, 0.4) is 0 Å². The first-order chi connectivity index (χ1) is 23.1. The predicted octanol–water partition coefficient (Wildman–Crippen LogP) is 2.19. The highest BCUT2D eigenvalue weighted by molar-refractivity contribution is 6.29. The van der Waals surface area contributed by atoms with Crippen molar-refractivity contribution >= 4 is 23.3 Å². The first-order valence-corrected chi connectivity index (χ1v) is 18.2. The molecular formula is C36H63ClN4O9. The molecule has 50 heavy (non-hydrogen) atoms. The minimum Gasteiger partial charge on any atom is -0.459 e. The van der Waals surface area contributed by atoms with E-state index in [1.165, 1.54) is 13.8 Å². The van der Waals surface area contributed by atoms with Gasteiger partial charge in [0.15, 0.2) is 6.29 Å². The lowest BCUT2D eigenvalue weighted by Crippen LogP contribution is -2.64. The summed E-state index contributed by atoms with van der Waals surface area (Å²) in [5.74, 6) is -3.22. The van der Waals surface area contributed by atoms with Gasteiger partial charge in [0.2, 0.25) is 0 Å². The van der Waals surface area contributed by atoms with Crippen molar-refractivity contribution in [2.24, 2.45) is 17.8 Å². The topological polar surface area (TPSA) is 177 Å². The molecule has 2 fully saturated rings. The van der Waals surface area contributed by atoms with Crippen LogP contribution in [0.4, 0.5) is 5.69 Å². The molecule has 0 radical (unpaired) electrons. The lowest BCUT2D eigenvalue weighted by molar-refractivity contribution is -0.304. The first-order valence-electron chi connectivity index (χ1n) is 17.8. The summed E-state index contributed by atoms with van der Waals surface area (Å²) in [4.78, 5) is 21.9. The molecule has 1 unspecified atom stereocenters. The number of aromatic nitrogens is 1. The van der Waals surface area contributed by atoms with Gasteiger partial charge in [0.05, 0.1) is 35.6 Å². The van der Waals surface area contributed by atoms with Gasteiger partial charge in [-0.25, -0.2) is 4.98 Å². The Kier molecular flexibility index (Phi) is 14.5. The number of rotatable bonds is 7. The number of cyclic esters (lactones) is 1. The van der Waals surface area contributed by atoms with E-state index in [0.717, 1.165) is 0 Å². The molecule has 0 spiro atoms. The molecule has 13 nitrogen and oxygen atoms in total. The van der Waals surface area contributed by atoms with Crippen LogP contribution < -0.4 is 10.2 Å². The summed E-state index contributed by atoms with van der Waals surface area (Å²) in [6, 6.07) is 2.45. The molecule has 288 valence electrons. The average Bonchev–Trinajstić information content (AvgIpc) is 3.04. The van der Waals surface area contributed by atoms with Crippen molar-refractivity contribution in [3.05, 3.63) is 23.5 Å². The van der Waals surface area contributed by atoms with Crippen LogP contribution in [0.5, 0.6) is 0 Å². The third-order valence-corrected chi connectivity index (χ3v) is 11.3. The van der Waals surface area contributed by atoms with Gasteiger partial charge in [-0.15, -0.1) is 0 Å². The number of carbonyl (C=O) groups excluding carboxylic acids is 1. The predicted molar refractivity (Wildman–Crippen MR) is 192 cm³/mol. The highest BCUT2D eigenvalue weighted by atomic mass is 35.5. The summed E-state index contributed by atoms with van der Waals surface area (Å²) in [6.07, 6.45) is -3.62. The quantitative estimate of drug-likeness (QED) is 0.178. The smallest absolute Gasteiger partial charge is 0.312 e. The molecule has 0 aliphatic carbocycles. The Labute approximate surface area is 303 Å². The second kappa shape index (κ2) is 17.0. The zero-order valence-electron chi connectivity index (χ0n) is 31.7. The Morgan fingerprint density at radius 1 is 1.08 bits per heavy atom. The van der Waals surface area contributed by atoms with Crippen molar-refractivity contribution in [2.75, 3.05) is 39.1 Å². The van der Waals surface area contributed by atoms with E-state index >= 15 is 0 Å². The highest BCUT2D eigenvalue weighted by Crippen LogP contribution is 2.41. The number of pyridine rings is 1. The number of aliphatic hydroxyl groups excluding tert-OH is 2. The van der Waals surface area contributed by atoms with Crippen LogP contribution in [0.15, 0.2) is 18.3 Å². The van der Waals surface area contributed by atoms with Gasteiger partial charge in [0.25, 0.3) is 0 Å². The fourth-order valence-electron chi connectivity index (χ4n) is 7.76. The van der Waals surface area contributed by atoms with Crippen molar-refractivity contribution in [1.82, 2.24) is 15.2 Å². The number of ether oxygens (including phenoxy) is 3. The van der Waals surface area contributed by atoms with E-state index in [2.05, 4.69) is 10.3 Å². The molecule has 1 aromatic heterocycles. The number of halogens is 1. The summed E-state index contributed by atoms with van der Waals surface area (Å²) >= 11 is 6.05. The largest absolute Gasteiger partial charge is 0.459 e. The molecule has 6 N–H and O–H groups in total. The van der Waals surface area contributed by atoms with E-state index in [-0.39, 0.29) is 37.5 Å². The molecular weight excluding hydrogens is 668 g/mol. The van der Waals surface area contributed by atoms with E-state index in [1.807, 2.05) is 32.8 Å². The summed E-state index contributed by atoms with van der Waals surface area (Å²) in [7, 11) is 5.47. The molecule has 2 aliphatic heterocycles. The zero-order chi connectivity index (χ0) is 37.9. The van der Waals surface area contributed by atoms with Gasteiger partial charge >= 0.3 is 5.97 Å². The summed E-state index contributed by atoms with van der Waals surface area (Å²) in [5.41, 5.74) is -4.81. The minimum atomic E-state index is -1.95. The number of nitrogens with one attached hydrogen (secondary N) is 1. The Morgan fingerprint density at radius 2 is 1.72 bits per heavy atom. The van der Waals surface area contributed by atoms with Crippen LogP contribution in [0.25, 0.3) is 0 Å². The van der Waals surface area contributed by atoms with E-state index in [4.69, 9.17) is 25.8 Å². The maximum absolute atomic E-state index is 14.1. The highest BCUT2D eigenvalue weighted by Gasteiger charge is 2.55. The molecule has 0 amide bonds. The van der Waals surface area contributed by atoms with Crippen molar-refractivity contribution in [3.8, 4) is 0 Å². The molecule has 2 aliphatic rings. The van der Waals surface area contributed by atoms with E-state index in [0.29, 0.717) is 23.8 Å². The number of hydrogen-bond donors (Lipinski definition) is 6. The van der Waals surface area contributed by atoms with Crippen LogP contribution >= 0.6 is 11.6 Å². The molecule has 0 aromatic carbocycles. The zero-order valence-corrected chi connectivity index (χ0v) is 32.5. The van der Waals surface area contributed by atoms with Crippen molar-refractivity contribution in [2.45, 2.75) is 140 Å². The third kappa shape index (κ3) is 9.66. The van der Waals surface area contributed by atoms with E-state index in [9.17, 15) is 30.3 Å². The maximum Gasteiger partial charge on any atom is 0.312 e. The number of anilines is 1. The van der Waals surface area contributed by atoms with Gasteiger partial charge in [-0.3, -0.25) is 4.79 Å². The molecule has 2 saturated heterocycles. The van der Waals surface area contributed by atoms with Gasteiger partial charge in [0.1, 0.15) is 34.7 Å². The van der Waals surface area contributed by atoms with Crippen LogP contribution in [0.1, 0.15) is 74.7 Å². The van der Waals surface area contributed by atoms with E-state index in [1.54, 1.807) is 58.0 Å². The molecule has 14 heteroatoms. The maximum atomic E-state index is 14.1. The Bertz CT molecular complexity index is 1240. The minimum absolute atomic E-state index is 0.140. The van der Waals surface area contributed by atoms with Gasteiger partial charge in [0, 0.05) is 31.6 Å². The van der Waals surface area contributed by atoms with Gasteiger partial charge in [-0.2, -0.15) is 0 Å². The van der Waals surface area contributed by atoms with Crippen LogP contribution in [0.2, 0.25) is 5.15 Å². The average molecular weight is 731 g/mol. The van der Waals surface area contributed by atoms with Gasteiger partial charge in [-0.1, -0.05) is 32.4 Å². The lowest BCUT2D eigenvalue weighted by Gasteiger charge is -2.50. The van der Waals surface area contributed by atoms with Crippen molar-refractivity contribution < 1.29 is 44.5 Å². The second-order valence-electron chi connectivity index (χ2n) is 15.7. The fourth-order valence-corrected chi connectivity index (χ4v) is 7.87. The Morgan fingerprint density at radius 3 is 2.28 bits per heavy atom. The molecule has 0 saturated carbocycles. The number of aliphatic hydroxyl groups is 5.